The van der Waals surface area contributed by atoms with Gasteiger partial charge >= 0.3 is 0 Å². The lowest BCUT2D eigenvalue weighted by Crippen LogP contribution is -1.87. The van der Waals surface area contributed by atoms with Crippen LogP contribution in [0.1, 0.15) is 41.5 Å². The Morgan fingerprint density at radius 1 is 1.00 bits per heavy atom. The van der Waals surface area contributed by atoms with Gasteiger partial charge in [0.25, 0.3) is 0 Å². The van der Waals surface area contributed by atoms with E-state index in [2.05, 4.69) is 38.8 Å². The van der Waals surface area contributed by atoms with Gasteiger partial charge < -0.3 is 0 Å². The van der Waals surface area contributed by atoms with Crippen LogP contribution in [0.3, 0.4) is 0 Å². The van der Waals surface area contributed by atoms with Gasteiger partial charge in [-0.15, -0.1) is 0 Å². The van der Waals surface area contributed by atoms with E-state index in [1.807, 2.05) is 26.1 Å². The summed E-state index contributed by atoms with van der Waals surface area (Å²) in [6, 6.07) is 0.414. The highest BCUT2D eigenvalue weighted by Crippen LogP contribution is 1.91. The third kappa shape index (κ3) is 16.2. The molecule has 0 aromatic carbocycles. The van der Waals surface area contributed by atoms with Gasteiger partial charge in [0.1, 0.15) is 0 Å². The van der Waals surface area contributed by atoms with Crippen LogP contribution in [0, 0.1) is 5.92 Å². The highest BCUT2D eigenvalue weighted by molar-refractivity contribution is 5.71. The van der Waals surface area contributed by atoms with E-state index in [0.29, 0.717) is 12.0 Å². The summed E-state index contributed by atoms with van der Waals surface area (Å²) in [6.45, 7) is 12.4. The predicted molar refractivity (Wildman–Crippen MR) is 59.0 cm³/mol. The zero-order valence-corrected chi connectivity index (χ0v) is 9.33. The average Bonchev–Trinajstić information content (AvgIpc) is 2.02. The summed E-state index contributed by atoms with van der Waals surface area (Å²) in [5.41, 5.74) is 0. The van der Waals surface area contributed by atoms with Crippen LogP contribution in [0.2, 0.25) is 0 Å². The summed E-state index contributed by atoms with van der Waals surface area (Å²) < 4.78 is 0. The van der Waals surface area contributed by atoms with E-state index in [1.54, 1.807) is 0 Å². The van der Waals surface area contributed by atoms with Crippen molar-refractivity contribution in [3.63, 3.8) is 0 Å². The van der Waals surface area contributed by atoms with E-state index >= 15 is 0 Å². The number of aliphatic imine (C=N–C) groups is 1. The van der Waals surface area contributed by atoms with Gasteiger partial charge in [-0.05, 0) is 25.8 Å². The predicted octanol–water partition coefficient (Wildman–Crippen LogP) is 3.70. The molecular weight excluding hydrogens is 146 g/mol. The molecule has 0 radical (unpaired) electrons. The second kappa shape index (κ2) is 10.4. The number of nitrogens with zero attached hydrogens (tertiary/aromatic N) is 1. The summed E-state index contributed by atoms with van der Waals surface area (Å²) in [7, 11) is 0. The van der Waals surface area contributed by atoms with Gasteiger partial charge in [-0.1, -0.05) is 33.8 Å². The van der Waals surface area contributed by atoms with Gasteiger partial charge in [-0.25, -0.2) is 0 Å². The first-order valence-corrected chi connectivity index (χ1v) is 4.83. The second-order valence-electron chi connectivity index (χ2n) is 3.02. The van der Waals surface area contributed by atoms with Crippen molar-refractivity contribution in [3.05, 3.63) is 12.2 Å². The number of rotatable bonds is 3. The molecule has 0 aromatic heterocycles. The molecule has 0 aliphatic rings. The molecule has 0 atom stereocenters. The highest BCUT2D eigenvalue weighted by atomic mass is 14.7. The maximum absolute atomic E-state index is 4.18. The van der Waals surface area contributed by atoms with E-state index in [4.69, 9.17) is 0 Å². The topological polar surface area (TPSA) is 12.4 Å². The molecule has 0 amide bonds. The molecular formula is C11H23N. The van der Waals surface area contributed by atoms with Crippen LogP contribution in [0.25, 0.3) is 0 Å². The Hall–Kier alpha value is -0.590. The molecule has 0 bridgehead atoms. The molecule has 72 valence electrons. The lowest BCUT2D eigenvalue weighted by Gasteiger charge is -1.92. The van der Waals surface area contributed by atoms with E-state index < -0.39 is 0 Å². The van der Waals surface area contributed by atoms with Crippen molar-refractivity contribution < 1.29 is 0 Å². The monoisotopic (exact) mass is 169 g/mol. The maximum Gasteiger partial charge on any atom is 0.0443 e. The lowest BCUT2D eigenvalue weighted by molar-refractivity contribution is 0.829. The van der Waals surface area contributed by atoms with Crippen molar-refractivity contribution in [2.45, 2.75) is 47.6 Å². The first-order valence-electron chi connectivity index (χ1n) is 4.83. The van der Waals surface area contributed by atoms with Crippen LogP contribution in [0.5, 0.6) is 0 Å². The summed E-state index contributed by atoms with van der Waals surface area (Å²) >= 11 is 0. The van der Waals surface area contributed by atoms with Crippen molar-refractivity contribution in [3.8, 4) is 0 Å². The molecule has 12 heavy (non-hydrogen) atoms. The second-order valence-corrected chi connectivity index (χ2v) is 3.02. The number of allylic oxidation sites excluding steroid dienone is 2. The Morgan fingerprint density at radius 2 is 1.50 bits per heavy atom. The quantitative estimate of drug-likeness (QED) is 0.571. The zero-order chi connectivity index (χ0) is 9.98. The minimum atomic E-state index is 0.414. The number of hydrogen-bond acceptors (Lipinski definition) is 1. The molecule has 0 aromatic rings. The molecule has 0 fully saturated rings. The Bertz CT molecular complexity index is 105. The summed E-state index contributed by atoms with van der Waals surface area (Å²) in [5, 5.41) is 0. The van der Waals surface area contributed by atoms with Crippen molar-refractivity contribution in [1.82, 2.24) is 0 Å². The largest absolute Gasteiger partial charge is 0.290 e. The fraction of sp³-hybridized carbons (Fsp3) is 0.727. The fourth-order valence-corrected chi connectivity index (χ4v) is 0.494. The smallest absolute Gasteiger partial charge is 0.0443 e. The number of hydrogen-bond donors (Lipinski definition) is 0. The lowest BCUT2D eigenvalue weighted by atomic mass is 10.2. The molecule has 0 N–H and O–H groups in total. The first-order chi connectivity index (χ1) is 5.63. The molecule has 0 heterocycles. The van der Waals surface area contributed by atoms with Crippen molar-refractivity contribution in [2.24, 2.45) is 10.9 Å². The molecule has 0 saturated heterocycles. The Morgan fingerprint density at radius 3 is 1.83 bits per heavy atom. The van der Waals surface area contributed by atoms with Crippen molar-refractivity contribution >= 4 is 6.21 Å². The molecule has 0 saturated carbocycles. The first kappa shape index (κ1) is 14.0. The third-order valence-electron chi connectivity index (χ3n) is 0.966. The van der Waals surface area contributed by atoms with Gasteiger partial charge in [-0.2, -0.15) is 0 Å². The van der Waals surface area contributed by atoms with Crippen molar-refractivity contribution in [2.75, 3.05) is 0 Å². The maximum atomic E-state index is 4.18. The van der Waals surface area contributed by atoms with Crippen LogP contribution in [-0.4, -0.2) is 12.3 Å². The molecule has 0 aliphatic carbocycles. The van der Waals surface area contributed by atoms with Crippen LogP contribution in [-0.2, 0) is 0 Å². The molecule has 0 spiro atoms. The van der Waals surface area contributed by atoms with Crippen molar-refractivity contribution in [1.29, 1.82) is 0 Å². The molecule has 0 unspecified atom stereocenters. The molecule has 0 rings (SSSR count). The van der Waals surface area contributed by atoms with E-state index in [1.165, 1.54) is 0 Å². The summed E-state index contributed by atoms with van der Waals surface area (Å²) in [4.78, 5) is 4.18. The normalized spacial score (nSPS) is 11.3. The van der Waals surface area contributed by atoms with Gasteiger partial charge in [0.15, 0.2) is 0 Å². The molecule has 1 heteroatoms. The minimum absolute atomic E-state index is 0.414. The Kier molecular flexibility index (Phi) is 12.1. The SMILES string of the molecule is CC.CC(C)/C=C\C=NC(C)C. The zero-order valence-electron chi connectivity index (χ0n) is 9.33. The Balaban J connectivity index is 0. The van der Waals surface area contributed by atoms with Gasteiger partial charge in [0.2, 0.25) is 0 Å². The van der Waals surface area contributed by atoms with Crippen LogP contribution < -0.4 is 0 Å². The van der Waals surface area contributed by atoms with Gasteiger partial charge in [0, 0.05) is 12.3 Å². The average molecular weight is 169 g/mol. The minimum Gasteiger partial charge on any atom is -0.290 e. The molecule has 0 aliphatic heterocycles. The summed E-state index contributed by atoms with van der Waals surface area (Å²) in [5.74, 6) is 0.624. The fourth-order valence-electron chi connectivity index (χ4n) is 0.494. The Labute approximate surface area is 77.6 Å². The standard InChI is InChI=1S/C9H17N.C2H6/c1-8(2)6-5-7-10-9(3)4;1-2/h5-9H,1-4H3;1-2H3/b6-5-,10-7?;. The highest BCUT2D eigenvalue weighted by Gasteiger charge is 1.81. The van der Waals surface area contributed by atoms with Gasteiger partial charge in [0.05, 0.1) is 0 Å². The van der Waals surface area contributed by atoms with Gasteiger partial charge in [-0.3, -0.25) is 4.99 Å². The molecule has 1 nitrogen and oxygen atoms in total. The van der Waals surface area contributed by atoms with Crippen LogP contribution in [0.15, 0.2) is 17.1 Å². The summed E-state index contributed by atoms with van der Waals surface area (Å²) in [6.07, 6.45) is 6.00. The van der Waals surface area contributed by atoms with E-state index in [0.717, 1.165) is 0 Å². The van der Waals surface area contributed by atoms with E-state index in [9.17, 15) is 0 Å². The third-order valence-corrected chi connectivity index (χ3v) is 0.966. The van der Waals surface area contributed by atoms with Crippen LogP contribution >= 0.6 is 0 Å². The van der Waals surface area contributed by atoms with Crippen LogP contribution in [0.4, 0.5) is 0 Å². The van der Waals surface area contributed by atoms with E-state index in [-0.39, 0.29) is 0 Å².